The third-order valence-electron chi connectivity index (χ3n) is 3.80. The van der Waals surface area contributed by atoms with Crippen LogP contribution in [0.5, 0.6) is 0 Å². The average Bonchev–Trinajstić information content (AvgIpc) is 2.70. The van der Waals surface area contributed by atoms with Crippen LogP contribution in [-0.4, -0.2) is 63.9 Å². The number of aliphatic hydroxyl groups excluding tert-OH is 2. The largest absolute Gasteiger partial charge is 0.477 e. The van der Waals surface area contributed by atoms with Crippen LogP contribution in [0.15, 0.2) is 0 Å². The van der Waals surface area contributed by atoms with Crippen molar-refractivity contribution in [3.8, 4) is 0 Å². The Kier molecular flexibility index (Phi) is 4.01. The minimum atomic E-state index is -1.82. The van der Waals surface area contributed by atoms with Crippen LogP contribution in [0.3, 0.4) is 0 Å². The van der Waals surface area contributed by atoms with Crippen LogP contribution in [0.1, 0.15) is 20.3 Å². The Morgan fingerprint density at radius 1 is 1.45 bits per heavy atom. The normalized spacial score (nSPS) is 41.2. The first kappa shape index (κ1) is 15.2. The molecule has 8 nitrogen and oxygen atoms in total. The highest BCUT2D eigenvalue weighted by Crippen LogP contribution is 2.44. The molecule has 0 aromatic carbocycles. The molecule has 8 heteroatoms. The van der Waals surface area contributed by atoms with E-state index in [1.165, 1.54) is 6.92 Å². The van der Waals surface area contributed by atoms with E-state index in [0.29, 0.717) is 0 Å². The molecular weight excluding hydrogens is 270 g/mol. The predicted octanol–water partition coefficient (Wildman–Crippen LogP) is -1.55. The highest BCUT2D eigenvalue weighted by Gasteiger charge is 2.62. The number of carboxylic acids is 1. The zero-order valence-electron chi connectivity index (χ0n) is 11.3. The van der Waals surface area contributed by atoms with Crippen molar-refractivity contribution in [2.24, 2.45) is 5.92 Å². The summed E-state index contributed by atoms with van der Waals surface area (Å²) in [6.45, 7) is 2.55. The van der Waals surface area contributed by atoms with Gasteiger partial charge in [-0.3, -0.25) is 4.79 Å². The second kappa shape index (κ2) is 5.28. The van der Waals surface area contributed by atoms with Gasteiger partial charge >= 0.3 is 5.97 Å². The molecule has 0 unspecified atom stereocenters. The monoisotopic (exact) mass is 289 g/mol. The van der Waals surface area contributed by atoms with Crippen molar-refractivity contribution in [3.63, 3.8) is 0 Å². The fourth-order valence-corrected chi connectivity index (χ4v) is 2.90. The van der Waals surface area contributed by atoms with Gasteiger partial charge in [0, 0.05) is 13.3 Å². The minimum Gasteiger partial charge on any atom is -0.477 e. The topological polar surface area (TPSA) is 125 Å². The number of amides is 1. The molecule has 0 aromatic heterocycles. The first-order valence-electron chi connectivity index (χ1n) is 6.46. The number of hydrogen-bond acceptors (Lipinski definition) is 6. The van der Waals surface area contributed by atoms with Gasteiger partial charge in [-0.15, -0.1) is 0 Å². The van der Waals surface area contributed by atoms with E-state index in [9.17, 15) is 19.8 Å². The first-order chi connectivity index (χ1) is 9.30. The van der Waals surface area contributed by atoms with Gasteiger partial charge in [0.15, 0.2) is 0 Å². The van der Waals surface area contributed by atoms with Gasteiger partial charge in [0.2, 0.25) is 5.91 Å². The molecule has 2 heterocycles. The molecule has 0 radical (unpaired) electrons. The van der Waals surface area contributed by atoms with Crippen LogP contribution < -0.4 is 5.32 Å². The van der Waals surface area contributed by atoms with Crippen molar-refractivity contribution in [3.05, 3.63) is 0 Å². The Hall–Kier alpha value is -1.22. The lowest BCUT2D eigenvalue weighted by atomic mass is 9.85. The predicted molar refractivity (Wildman–Crippen MR) is 64.6 cm³/mol. The molecule has 2 saturated heterocycles. The molecule has 0 saturated carbocycles. The quantitative estimate of drug-likeness (QED) is 0.493. The maximum Gasteiger partial charge on any atom is 0.364 e. The summed E-state index contributed by atoms with van der Waals surface area (Å²) in [6.07, 6.45) is -3.04. The van der Waals surface area contributed by atoms with Crippen LogP contribution in [0.4, 0.5) is 0 Å². The number of nitrogens with one attached hydrogen (secondary N) is 1. The summed E-state index contributed by atoms with van der Waals surface area (Å²) in [5, 5.41) is 30.8. The number of aliphatic hydroxyl groups is 2. The van der Waals surface area contributed by atoms with Gasteiger partial charge in [-0.25, -0.2) is 4.79 Å². The summed E-state index contributed by atoms with van der Waals surface area (Å²) < 4.78 is 10.8. The molecule has 114 valence electrons. The van der Waals surface area contributed by atoms with Crippen molar-refractivity contribution in [2.75, 3.05) is 6.61 Å². The van der Waals surface area contributed by atoms with Crippen LogP contribution in [0.2, 0.25) is 0 Å². The van der Waals surface area contributed by atoms with E-state index in [1.54, 1.807) is 6.92 Å². The lowest BCUT2D eigenvalue weighted by Gasteiger charge is -2.38. The van der Waals surface area contributed by atoms with Crippen LogP contribution in [0, 0.1) is 5.92 Å². The molecule has 0 aliphatic carbocycles. The smallest absolute Gasteiger partial charge is 0.364 e. The van der Waals surface area contributed by atoms with Gasteiger partial charge in [-0.1, -0.05) is 6.92 Å². The second-order valence-corrected chi connectivity index (χ2v) is 5.38. The minimum absolute atomic E-state index is 0.0540. The molecule has 4 N–H and O–H groups in total. The zero-order valence-corrected chi connectivity index (χ0v) is 11.3. The summed E-state index contributed by atoms with van der Waals surface area (Å²) in [5.74, 6) is -3.58. The van der Waals surface area contributed by atoms with Gasteiger partial charge in [0.05, 0.1) is 12.6 Å². The summed E-state index contributed by atoms with van der Waals surface area (Å²) in [5.41, 5.74) is 0. The van der Waals surface area contributed by atoms with E-state index in [4.69, 9.17) is 14.6 Å². The number of hydrogen-bond donors (Lipinski definition) is 4. The van der Waals surface area contributed by atoms with Crippen LogP contribution in [-0.2, 0) is 19.1 Å². The second-order valence-electron chi connectivity index (χ2n) is 5.38. The number of fused-ring (bicyclic) bond motifs is 2. The van der Waals surface area contributed by atoms with Gasteiger partial charge in [-0.05, 0) is 5.92 Å². The molecule has 2 fully saturated rings. The van der Waals surface area contributed by atoms with E-state index in [2.05, 4.69) is 5.32 Å². The molecule has 1 amide bonds. The van der Waals surface area contributed by atoms with Crippen LogP contribution >= 0.6 is 0 Å². The molecule has 2 aliphatic rings. The van der Waals surface area contributed by atoms with Gasteiger partial charge in [0.1, 0.15) is 18.3 Å². The Morgan fingerprint density at radius 2 is 2.10 bits per heavy atom. The molecule has 6 atom stereocenters. The van der Waals surface area contributed by atoms with Crippen LogP contribution in [0.25, 0.3) is 0 Å². The number of rotatable bonds is 4. The van der Waals surface area contributed by atoms with Crippen molar-refractivity contribution < 1.29 is 34.4 Å². The summed E-state index contributed by atoms with van der Waals surface area (Å²) in [7, 11) is 0. The standard InChI is InChI=1S/C12H19NO7/c1-5-3-12(11(17)18)19-9(7(16)4-14)10(20-12)8(5)13-6(2)15/h5,7-10,14,16H,3-4H2,1-2H3,(H,13,15)(H,17,18)/t5-,7-,8-,9-,10-,12-/m1/s1. The third-order valence-corrected chi connectivity index (χ3v) is 3.80. The molecule has 0 spiro atoms. The maximum absolute atomic E-state index is 11.4. The van der Waals surface area contributed by atoms with Crippen molar-refractivity contribution in [1.29, 1.82) is 0 Å². The number of carbonyl (C=O) groups excluding carboxylic acids is 1. The Bertz CT molecular complexity index is 415. The molecule has 0 aromatic rings. The fraction of sp³-hybridized carbons (Fsp3) is 0.833. The summed E-state index contributed by atoms with van der Waals surface area (Å²) in [6, 6.07) is -0.478. The van der Waals surface area contributed by atoms with Crippen molar-refractivity contribution in [2.45, 2.75) is 50.4 Å². The zero-order chi connectivity index (χ0) is 15.1. The lowest BCUT2D eigenvalue weighted by Crippen LogP contribution is -2.57. The van der Waals surface area contributed by atoms with Gasteiger partial charge < -0.3 is 30.1 Å². The average molecular weight is 289 g/mol. The highest BCUT2D eigenvalue weighted by molar-refractivity contribution is 5.77. The van der Waals surface area contributed by atoms with E-state index in [0.717, 1.165) is 0 Å². The third kappa shape index (κ3) is 2.39. The number of ether oxygens (including phenoxy) is 2. The highest BCUT2D eigenvalue weighted by atomic mass is 16.8. The molecular formula is C12H19NO7. The number of carbonyl (C=O) groups is 2. The van der Waals surface area contributed by atoms with E-state index < -0.39 is 42.7 Å². The lowest BCUT2D eigenvalue weighted by molar-refractivity contribution is -0.228. The van der Waals surface area contributed by atoms with Gasteiger partial charge in [-0.2, -0.15) is 0 Å². The fourth-order valence-electron chi connectivity index (χ4n) is 2.90. The number of carboxylic acid groups (broad SMARTS) is 1. The Morgan fingerprint density at radius 3 is 2.60 bits per heavy atom. The molecule has 2 rings (SSSR count). The van der Waals surface area contributed by atoms with E-state index >= 15 is 0 Å². The first-order valence-corrected chi connectivity index (χ1v) is 6.46. The Balaban J connectivity index is 2.30. The maximum atomic E-state index is 11.4. The Labute approximate surface area is 115 Å². The van der Waals surface area contributed by atoms with E-state index in [1.807, 2.05) is 0 Å². The van der Waals surface area contributed by atoms with E-state index in [-0.39, 0.29) is 18.2 Å². The molecule has 2 aliphatic heterocycles. The molecule has 2 bridgehead atoms. The van der Waals surface area contributed by atoms with Crippen molar-refractivity contribution in [1.82, 2.24) is 5.32 Å². The van der Waals surface area contributed by atoms with Crippen molar-refractivity contribution >= 4 is 11.9 Å². The van der Waals surface area contributed by atoms with Gasteiger partial charge in [0.25, 0.3) is 5.79 Å². The number of aliphatic carboxylic acids is 1. The molecule has 20 heavy (non-hydrogen) atoms. The summed E-state index contributed by atoms with van der Waals surface area (Å²) >= 11 is 0. The SMILES string of the molecule is CC(=O)N[C@H]1[C@H]2O[C@@](C(=O)O)(C[C@H]1C)O[C@@H]2[C@H](O)CO. The summed E-state index contributed by atoms with van der Waals surface area (Å²) in [4.78, 5) is 22.6.